The standard InChI is InChI=1S/C31H64/c1-4-7-8-9-10-11-12-13-14-15-16-17-18-19-20-21-22-23-24-25-26-27-30-31(28-5-2)29-6-3/h31H,4-30H2,1-3H3. The van der Waals surface area contributed by atoms with Gasteiger partial charge in [-0.05, 0) is 5.92 Å². The second kappa shape index (κ2) is 28.0. The van der Waals surface area contributed by atoms with Crippen LogP contribution in [0.15, 0.2) is 0 Å². The zero-order chi connectivity index (χ0) is 22.7. The molecule has 0 radical (unpaired) electrons. The van der Waals surface area contributed by atoms with Crippen LogP contribution in [0.1, 0.15) is 194 Å². The molecule has 0 heteroatoms. The molecule has 0 fully saturated rings. The molecular formula is C31H64. The minimum absolute atomic E-state index is 1.03. The van der Waals surface area contributed by atoms with E-state index in [-0.39, 0.29) is 0 Å². The van der Waals surface area contributed by atoms with Crippen molar-refractivity contribution in [1.82, 2.24) is 0 Å². The van der Waals surface area contributed by atoms with Crippen LogP contribution >= 0.6 is 0 Å². The maximum atomic E-state index is 2.35. The van der Waals surface area contributed by atoms with E-state index >= 15 is 0 Å². The first-order chi connectivity index (χ1) is 15.3. The van der Waals surface area contributed by atoms with Crippen molar-refractivity contribution in [2.24, 2.45) is 5.92 Å². The summed E-state index contributed by atoms with van der Waals surface area (Å²) in [5.41, 5.74) is 0. The first-order valence-corrected chi connectivity index (χ1v) is 15.3. The van der Waals surface area contributed by atoms with Crippen LogP contribution < -0.4 is 0 Å². The van der Waals surface area contributed by atoms with Gasteiger partial charge in [-0.3, -0.25) is 0 Å². The Balaban J connectivity index is 3.11. The molecule has 0 bridgehead atoms. The highest BCUT2D eigenvalue weighted by atomic mass is 14.1. The van der Waals surface area contributed by atoms with Gasteiger partial charge in [0.2, 0.25) is 0 Å². The summed E-state index contributed by atoms with van der Waals surface area (Å²) in [6, 6.07) is 0. The molecule has 0 atom stereocenters. The van der Waals surface area contributed by atoms with Crippen LogP contribution in [0, 0.1) is 5.92 Å². The van der Waals surface area contributed by atoms with E-state index in [1.807, 2.05) is 0 Å². The minimum atomic E-state index is 1.03. The van der Waals surface area contributed by atoms with Crippen molar-refractivity contribution in [2.45, 2.75) is 194 Å². The zero-order valence-corrected chi connectivity index (χ0v) is 22.7. The average Bonchev–Trinajstić information content (AvgIpc) is 2.77. The Morgan fingerprint density at radius 3 is 0.774 bits per heavy atom. The molecular weight excluding hydrogens is 372 g/mol. The highest BCUT2D eigenvalue weighted by Gasteiger charge is 2.05. The number of hydrogen-bond donors (Lipinski definition) is 0. The van der Waals surface area contributed by atoms with Gasteiger partial charge in [0.05, 0.1) is 0 Å². The second-order valence-corrected chi connectivity index (χ2v) is 10.7. The Kier molecular flexibility index (Phi) is 28.0. The largest absolute Gasteiger partial charge is 0.0654 e. The van der Waals surface area contributed by atoms with E-state index in [1.54, 1.807) is 0 Å². The molecule has 0 rings (SSSR count). The summed E-state index contributed by atoms with van der Waals surface area (Å²) in [6.07, 6.45) is 39.8. The van der Waals surface area contributed by atoms with Gasteiger partial charge in [0.25, 0.3) is 0 Å². The van der Waals surface area contributed by atoms with E-state index in [2.05, 4.69) is 20.8 Å². The molecule has 0 N–H and O–H groups in total. The molecule has 0 aromatic carbocycles. The highest BCUT2D eigenvalue weighted by Crippen LogP contribution is 2.21. The molecule has 0 spiro atoms. The van der Waals surface area contributed by atoms with Crippen LogP contribution in [-0.2, 0) is 0 Å². The van der Waals surface area contributed by atoms with E-state index in [9.17, 15) is 0 Å². The number of unbranched alkanes of at least 4 members (excludes halogenated alkanes) is 21. The summed E-state index contributed by atoms with van der Waals surface area (Å²) >= 11 is 0. The summed E-state index contributed by atoms with van der Waals surface area (Å²) in [6.45, 7) is 7.00. The molecule has 0 amide bonds. The van der Waals surface area contributed by atoms with E-state index in [4.69, 9.17) is 0 Å². The first kappa shape index (κ1) is 31.0. The van der Waals surface area contributed by atoms with E-state index < -0.39 is 0 Å². The zero-order valence-electron chi connectivity index (χ0n) is 22.7. The van der Waals surface area contributed by atoms with Crippen molar-refractivity contribution in [3.8, 4) is 0 Å². The lowest BCUT2D eigenvalue weighted by Crippen LogP contribution is -1.99. The van der Waals surface area contributed by atoms with E-state index in [0.29, 0.717) is 0 Å². The number of rotatable bonds is 27. The monoisotopic (exact) mass is 437 g/mol. The Bertz CT molecular complexity index is 288. The van der Waals surface area contributed by atoms with Crippen LogP contribution in [0.2, 0.25) is 0 Å². The molecule has 188 valence electrons. The van der Waals surface area contributed by atoms with Crippen LogP contribution in [-0.4, -0.2) is 0 Å². The Hall–Kier alpha value is 0. The lowest BCUT2D eigenvalue weighted by Gasteiger charge is -2.14. The molecule has 0 saturated carbocycles. The quantitative estimate of drug-likeness (QED) is 0.112. The maximum absolute atomic E-state index is 2.35. The molecule has 0 aliphatic rings. The number of hydrogen-bond acceptors (Lipinski definition) is 0. The third-order valence-electron chi connectivity index (χ3n) is 7.36. The Labute approximate surface area is 200 Å². The summed E-state index contributed by atoms with van der Waals surface area (Å²) in [7, 11) is 0. The third kappa shape index (κ3) is 26.1. The van der Waals surface area contributed by atoms with Crippen molar-refractivity contribution < 1.29 is 0 Å². The van der Waals surface area contributed by atoms with Crippen LogP contribution in [0.25, 0.3) is 0 Å². The highest BCUT2D eigenvalue weighted by molar-refractivity contribution is 4.59. The fraction of sp³-hybridized carbons (Fsp3) is 1.00. The smallest absolute Gasteiger partial charge is 0.0414 e. The summed E-state index contributed by atoms with van der Waals surface area (Å²) < 4.78 is 0. The Morgan fingerprint density at radius 2 is 0.516 bits per heavy atom. The molecule has 0 unspecified atom stereocenters. The van der Waals surface area contributed by atoms with Crippen molar-refractivity contribution in [2.75, 3.05) is 0 Å². The van der Waals surface area contributed by atoms with Crippen LogP contribution in [0.3, 0.4) is 0 Å². The molecule has 31 heavy (non-hydrogen) atoms. The molecule has 0 heterocycles. The van der Waals surface area contributed by atoms with Gasteiger partial charge < -0.3 is 0 Å². The van der Waals surface area contributed by atoms with Gasteiger partial charge in [-0.25, -0.2) is 0 Å². The van der Waals surface area contributed by atoms with Crippen molar-refractivity contribution >= 4 is 0 Å². The second-order valence-electron chi connectivity index (χ2n) is 10.7. The van der Waals surface area contributed by atoms with Crippen molar-refractivity contribution in [3.05, 3.63) is 0 Å². The van der Waals surface area contributed by atoms with Crippen LogP contribution in [0.4, 0.5) is 0 Å². The molecule has 0 nitrogen and oxygen atoms in total. The van der Waals surface area contributed by atoms with Crippen LogP contribution in [0.5, 0.6) is 0 Å². The summed E-state index contributed by atoms with van der Waals surface area (Å²) in [5, 5.41) is 0. The molecule has 0 saturated heterocycles. The molecule has 0 aromatic heterocycles. The minimum Gasteiger partial charge on any atom is -0.0654 e. The lowest BCUT2D eigenvalue weighted by atomic mass is 9.92. The SMILES string of the molecule is CCCCCCCCCCCCCCCCCCCCCCCCC(CCC)CCC. The average molecular weight is 437 g/mol. The first-order valence-electron chi connectivity index (χ1n) is 15.3. The summed E-state index contributed by atoms with van der Waals surface area (Å²) in [5.74, 6) is 1.03. The predicted molar refractivity (Wildman–Crippen MR) is 145 cm³/mol. The lowest BCUT2D eigenvalue weighted by molar-refractivity contribution is 0.390. The van der Waals surface area contributed by atoms with Crippen molar-refractivity contribution in [3.63, 3.8) is 0 Å². The van der Waals surface area contributed by atoms with Gasteiger partial charge in [-0.15, -0.1) is 0 Å². The van der Waals surface area contributed by atoms with Gasteiger partial charge in [0, 0.05) is 0 Å². The predicted octanol–water partition coefficient (Wildman–Crippen LogP) is 12.2. The normalized spacial score (nSPS) is 11.6. The van der Waals surface area contributed by atoms with E-state index in [1.165, 1.54) is 173 Å². The van der Waals surface area contributed by atoms with Crippen molar-refractivity contribution in [1.29, 1.82) is 0 Å². The maximum Gasteiger partial charge on any atom is -0.0414 e. The molecule has 0 aromatic rings. The van der Waals surface area contributed by atoms with Gasteiger partial charge in [0.1, 0.15) is 0 Å². The Morgan fingerprint density at radius 1 is 0.258 bits per heavy atom. The van der Waals surface area contributed by atoms with Gasteiger partial charge >= 0.3 is 0 Å². The van der Waals surface area contributed by atoms with E-state index in [0.717, 1.165) is 5.92 Å². The third-order valence-corrected chi connectivity index (χ3v) is 7.36. The topological polar surface area (TPSA) is 0 Å². The van der Waals surface area contributed by atoms with Gasteiger partial charge in [0.15, 0.2) is 0 Å². The molecule has 0 aliphatic carbocycles. The molecule has 0 aliphatic heterocycles. The van der Waals surface area contributed by atoms with Gasteiger partial charge in [-0.1, -0.05) is 194 Å². The summed E-state index contributed by atoms with van der Waals surface area (Å²) in [4.78, 5) is 0. The fourth-order valence-electron chi connectivity index (χ4n) is 5.29. The van der Waals surface area contributed by atoms with Gasteiger partial charge in [-0.2, -0.15) is 0 Å². The fourth-order valence-corrected chi connectivity index (χ4v) is 5.29.